The van der Waals surface area contributed by atoms with Crippen LogP contribution in [0.15, 0.2) is 31.0 Å². The quantitative estimate of drug-likeness (QED) is 0.452. The van der Waals surface area contributed by atoms with Crippen LogP contribution in [0.25, 0.3) is 33.5 Å². The Balaban J connectivity index is 1.48. The van der Waals surface area contributed by atoms with Gasteiger partial charge in [-0.25, -0.2) is 19.9 Å². The molecule has 7 heteroatoms. The number of H-pyrrole nitrogens is 1. The van der Waals surface area contributed by atoms with Gasteiger partial charge >= 0.3 is 0 Å². The van der Waals surface area contributed by atoms with Crippen molar-refractivity contribution in [1.29, 1.82) is 0 Å². The molecule has 0 aliphatic heterocycles. The first kappa shape index (κ1) is 19.7. The third kappa shape index (κ3) is 3.17. The lowest BCUT2D eigenvalue weighted by Gasteiger charge is -2.47. The molecule has 4 aromatic heterocycles. The summed E-state index contributed by atoms with van der Waals surface area (Å²) in [7, 11) is 0. The third-order valence-electron chi connectivity index (χ3n) is 7.71. The zero-order valence-corrected chi connectivity index (χ0v) is 19.0. The van der Waals surface area contributed by atoms with Crippen LogP contribution in [0.4, 0.5) is 5.82 Å². The predicted octanol–water partition coefficient (Wildman–Crippen LogP) is 5.26. The summed E-state index contributed by atoms with van der Waals surface area (Å²) in [5.41, 5.74) is 2.75. The minimum absolute atomic E-state index is 0.480. The molecule has 2 N–H and O–H groups in total. The lowest BCUT2D eigenvalue weighted by molar-refractivity contribution is 0.0929. The molecule has 7 rings (SSSR count). The number of hydrogen-bond acceptors (Lipinski definition) is 5. The first-order valence-electron chi connectivity index (χ1n) is 12.0. The van der Waals surface area contributed by atoms with Gasteiger partial charge < -0.3 is 14.9 Å². The van der Waals surface area contributed by atoms with Gasteiger partial charge in [0.25, 0.3) is 0 Å². The van der Waals surface area contributed by atoms with Crippen molar-refractivity contribution >= 4 is 27.9 Å². The highest BCUT2D eigenvalue weighted by Gasteiger charge is 2.41. The van der Waals surface area contributed by atoms with Gasteiger partial charge in [-0.1, -0.05) is 20.8 Å². The van der Waals surface area contributed by atoms with Crippen molar-refractivity contribution in [1.82, 2.24) is 29.5 Å². The van der Waals surface area contributed by atoms with E-state index in [0.29, 0.717) is 17.9 Å². The van der Waals surface area contributed by atoms with Crippen molar-refractivity contribution in [2.45, 2.75) is 59.0 Å². The van der Waals surface area contributed by atoms with Crippen molar-refractivity contribution in [3.8, 4) is 11.4 Å². The Hall–Kier alpha value is -2.96. The van der Waals surface area contributed by atoms with Crippen molar-refractivity contribution in [2.75, 3.05) is 5.32 Å². The van der Waals surface area contributed by atoms with Gasteiger partial charge in [-0.05, 0) is 55.4 Å². The van der Waals surface area contributed by atoms with Gasteiger partial charge in [-0.2, -0.15) is 0 Å². The Morgan fingerprint density at radius 3 is 2.72 bits per heavy atom. The topological polar surface area (TPSA) is 84.3 Å². The molecule has 166 valence electrons. The number of rotatable bonds is 5. The summed E-state index contributed by atoms with van der Waals surface area (Å²) < 4.78 is 2.26. The van der Waals surface area contributed by atoms with Crippen LogP contribution in [-0.4, -0.2) is 35.5 Å². The van der Waals surface area contributed by atoms with Crippen LogP contribution in [0.1, 0.15) is 46.5 Å². The molecule has 2 atom stereocenters. The Kier molecular flexibility index (Phi) is 4.66. The van der Waals surface area contributed by atoms with Gasteiger partial charge in [-0.15, -0.1) is 0 Å². The van der Waals surface area contributed by atoms with Crippen LogP contribution in [0.3, 0.4) is 0 Å². The molecule has 3 aliphatic rings. The molecule has 4 aromatic rings. The summed E-state index contributed by atoms with van der Waals surface area (Å²) in [4.78, 5) is 21.9. The molecule has 0 unspecified atom stereocenters. The number of nitrogens with zero attached hydrogens (tertiary/aromatic N) is 5. The van der Waals surface area contributed by atoms with E-state index in [1.807, 2.05) is 12.4 Å². The zero-order valence-electron chi connectivity index (χ0n) is 19.0. The van der Waals surface area contributed by atoms with E-state index >= 15 is 0 Å². The number of anilines is 1. The normalized spacial score (nSPS) is 25.2. The second kappa shape index (κ2) is 7.57. The molecule has 4 heterocycles. The number of aromatic amines is 1. The summed E-state index contributed by atoms with van der Waals surface area (Å²) in [5.74, 6) is 4.47. The van der Waals surface area contributed by atoms with Crippen LogP contribution >= 0.6 is 0 Å². The maximum atomic E-state index is 5.09. The fraction of sp³-hybridized carbons (Fsp3) is 0.520. The van der Waals surface area contributed by atoms with Gasteiger partial charge in [0.15, 0.2) is 5.82 Å². The molecule has 7 nitrogen and oxygen atoms in total. The number of fused-ring (bicyclic) bond motifs is 5. The minimum atomic E-state index is 0.480. The van der Waals surface area contributed by atoms with E-state index < -0.39 is 0 Å². The average Bonchev–Trinajstić information content (AvgIpc) is 3.40. The first-order valence-corrected chi connectivity index (χ1v) is 12.0. The van der Waals surface area contributed by atoms with Crippen LogP contribution in [-0.2, 0) is 6.54 Å². The Bertz CT molecular complexity index is 1260. The third-order valence-corrected chi connectivity index (χ3v) is 7.71. The molecule has 3 saturated carbocycles. The van der Waals surface area contributed by atoms with Crippen molar-refractivity contribution < 1.29 is 0 Å². The van der Waals surface area contributed by atoms with Crippen molar-refractivity contribution in [2.24, 2.45) is 23.7 Å². The molecular weight excluding hydrogens is 398 g/mol. The molecule has 2 bridgehead atoms. The maximum absolute atomic E-state index is 5.09. The highest BCUT2D eigenvalue weighted by atomic mass is 15.1. The number of nitrogens with one attached hydrogen (secondary N) is 2. The van der Waals surface area contributed by atoms with E-state index in [1.165, 1.54) is 25.7 Å². The summed E-state index contributed by atoms with van der Waals surface area (Å²) in [6, 6.07) is 2.65. The van der Waals surface area contributed by atoms with Crippen molar-refractivity contribution in [3.63, 3.8) is 0 Å². The number of hydrogen-bond donors (Lipinski definition) is 2. The lowest BCUT2D eigenvalue weighted by atomic mass is 9.62. The monoisotopic (exact) mass is 429 g/mol. The molecule has 0 amide bonds. The van der Waals surface area contributed by atoms with Gasteiger partial charge in [0, 0.05) is 42.1 Å². The molecule has 0 aromatic carbocycles. The molecular formula is C25H31N7. The fourth-order valence-corrected chi connectivity index (χ4v) is 6.04. The Labute approximate surface area is 188 Å². The fourth-order valence-electron chi connectivity index (χ4n) is 6.04. The van der Waals surface area contributed by atoms with Gasteiger partial charge in [0.1, 0.15) is 23.4 Å². The van der Waals surface area contributed by atoms with Crippen LogP contribution < -0.4 is 5.32 Å². The van der Waals surface area contributed by atoms with Gasteiger partial charge in [0.2, 0.25) is 0 Å². The number of aromatic nitrogens is 6. The van der Waals surface area contributed by atoms with E-state index in [0.717, 1.165) is 57.7 Å². The SMILES string of the molecule is CC(C)Cn1ccc2c(N[C@@H]3C4CCC(CC4)[C@H]3C)nc(-c3c[nH]c4ncncc34)nc21. The summed E-state index contributed by atoms with van der Waals surface area (Å²) in [6.45, 7) is 7.84. The smallest absolute Gasteiger partial charge is 0.166 e. The van der Waals surface area contributed by atoms with Crippen molar-refractivity contribution in [3.05, 3.63) is 31.0 Å². The zero-order chi connectivity index (χ0) is 21.8. The second-order valence-corrected chi connectivity index (χ2v) is 10.2. The van der Waals surface area contributed by atoms with Crippen LogP contribution in [0.5, 0.6) is 0 Å². The second-order valence-electron chi connectivity index (χ2n) is 10.2. The summed E-state index contributed by atoms with van der Waals surface area (Å²) in [5, 5.41) is 5.98. The molecule has 3 aliphatic carbocycles. The maximum Gasteiger partial charge on any atom is 0.166 e. The van der Waals surface area contributed by atoms with E-state index in [-0.39, 0.29) is 0 Å². The summed E-state index contributed by atoms with van der Waals surface area (Å²) >= 11 is 0. The van der Waals surface area contributed by atoms with E-state index in [2.05, 4.69) is 57.9 Å². The highest BCUT2D eigenvalue weighted by molar-refractivity contribution is 5.94. The van der Waals surface area contributed by atoms with Gasteiger partial charge in [0.05, 0.1) is 5.39 Å². The van der Waals surface area contributed by atoms with E-state index in [9.17, 15) is 0 Å². The Morgan fingerprint density at radius 2 is 1.94 bits per heavy atom. The van der Waals surface area contributed by atoms with Crippen LogP contribution in [0, 0.1) is 23.7 Å². The molecule has 0 radical (unpaired) electrons. The Morgan fingerprint density at radius 1 is 1.12 bits per heavy atom. The lowest BCUT2D eigenvalue weighted by Crippen LogP contribution is -2.47. The average molecular weight is 430 g/mol. The standard InChI is InChI=1S/C25H31N7/c1-14(2)12-32-9-8-18-23(29-21-15(3)16-4-6-17(21)7-5-16)30-24(31-25(18)32)20-11-27-22-19(20)10-26-13-28-22/h8-11,13-17,21H,4-7,12H2,1-3H3,(H,26,27,28)(H,29,30,31)/t15-,16?,17?,21+/m1/s1. The largest absolute Gasteiger partial charge is 0.366 e. The van der Waals surface area contributed by atoms with E-state index in [1.54, 1.807) is 6.33 Å². The molecule has 0 saturated heterocycles. The van der Waals surface area contributed by atoms with Gasteiger partial charge in [-0.3, -0.25) is 0 Å². The first-order chi connectivity index (χ1) is 15.6. The van der Waals surface area contributed by atoms with Crippen LogP contribution in [0.2, 0.25) is 0 Å². The molecule has 32 heavy (non-hydrogen) atoms. The minimum Gasteiger partial charge on any atom is -0.366 e. The predicted molar refractivity (Wildman–Crippen MR) is 127 cm³/mol. The molecule has 3 fully saturated rings. The summed E-state index contributed by atoms with van der Waals surface area (Å²) in [6.07, 6.45) is 12.9. The molecule has 0 spiro atoms. The van der Waals surface area contributed by atoms with E-state index in [4.69, 9.17) is 9.97 Å². The highest BCUT2D eigenvalue weighted by Crippen LogP contribution is 2.46.